The summed E-state index contributed by atoms with van der Waals surface area (Å²) >= 11 is 0. The number of hydrogen-bond donors (Lipinski definition) is 1. The molecule has 1 fully saturated rings. The van der Waals surface area contributed by atoms with Crippen LogP contribution in [0.15, 0.2) is 24.3 Å². The van der Waals surface area contributed by atoms with Crippen LogP contribution >= 0.6 is 0 Å². The topological polar surface area (TPSA) is 46.3 Å². The van der Waals surface area contributed by atoms with Crippen LogP contribution in [0.5, 0.6) is 0 Å². The van der Waals surface area contributed by atoms with Gasteiger partial charge in [-0.3, -0.25) is 4.79 Å². The molecule has 2 aliphatic rings. The molecule has 3 heteroatoms. The molecule has 21 heavy (non-hydrogen) atoms. The van der Waals surface area contributed by atoms with Crippen LogP contribution in [0.1, 0.15) is 55.7 Å². The van der Waals surface area contributed by atoms with Gasteiger partial charge in [0.25, 0.3) is 0 Å². The zero-order chi connectivity index (χ0) is 14.9. The molecule has 1 aromatic carbocycles. The van der Waals surface area contributed by atoms with Crippen molar-refractivity contribution in [3.63, 3.8) is 0 Å². The number of benzene rings is 1. The van der Waals surface area contributed by atoms with E-state index in [1.54, 1.807) is 0 Å². The van der Waals surface area contributed by atoms with Gasteiger partial charge in [-0.15, -0.1) is 0 Å². The van der Waals surface area contributed by atoms with Crippen molar-refractivity contribution in [2.24, 2.45) is 11.1 Å². The number of fused-ring (bicyclic) bond motifs is 1. The van der Waals surface area contributed by atoms with Crippen LogP contribution in [0.25, 0.3) is 0 Å². The van der Waals surface area contributed by atoms with Crippen molar-refractivity contribution in [2.45, 2.75) is 51.0 Å². The van der Waals surface area contributed by atoms with Crippen LogP contribution in [-0.4, -0.2) is 24.4 Å². The summed E-state index contributed by atoms with van der Waals surface area (Å²) in [7, 11) is 1.97. The molecular formula is C18H26N2O. The van der Waals surface area contributed by atoms with Crippen molar-refractivity contribution in [1.29, 1.82) is 0 Å². The molecule has 1 atom stereocenters. The number of carbonyl (C=O) groups excluding carboxylic acids is 1. The lowest BCUT2D eigenvalue weighted by atomic mass is 9.66. The van der Waals surface area contributed by atoms with Gasteiger partial charge in [-0.2, -0.15) is 0 Å². The third-order valence-corrected chi connectivity index (χ3v) is 5.57. The summed E-state index contributed by atoms with van der Waals surface area (Å²) in [6.07, 6.45) is 7.46. The van der Waals surface area contributed by atoms with Crippen LogP contribution in [-0.2, 0) is 11.2 Å². The summed E-state index contributed by atoms with van der Waals surface area (Å²) in [4.78, 5) is 14.7. The number of rotatable bonds is 4. The Labute approximate surface area is 127 Å². The van der Waals surface area contributed by atoms with Gasteiger partial charge in [0.15, 0.2) is 0 Å². The number of nitrogens with zero attached hydrogens (tertiary/aromatic N) is 1. The van der Waals surface area contributed by atoms with Crippen molar-refractivity contribution in [3.8, 4) is 0 Å². The Hall–Kier alpha value is -1.35. The first-order valence-corrected chi connectivity index (χ1v) is 8.19. The Morgan fingerprint density at radius 3 is 2.76 bits per heavy atom. The lowest BCUT2D eigenvalue weighted by molar-refractivity contribution is -0.136. The predicted octanol–water partition coefficient (Wildman–Crippen LogP) is 3.04. The smallest absolute Gasteiger partial charge is 0.223 e. The zero-order valence-electron chi connectivity index (χ0n) is 13.0. The number of nitrogens with two attached hydrogens (primary N) is 1. The summed E-state index contributed by atoms with van der Waals surface area (Å²) in [6.45, 7) is 0.647. The van der Waals surface area contributed by atoms with Gasteiger partial charge >= 0.3 is 0 Å². The molecule has 114 valence electrons. The summed E-state index contributed by atoms with van der Waals surface area (Å²) < 4.78 is 0. The van der Waals surface area contributed by atoms with Crippen molar-refractivity contribution < 1.29 is 4.79 Å². The maximum atomic E-state index is 12.7. The van der Waals surface area contributed by atoms with Gasteiger partial charge in [0.1, 0.15) is 0 Å². The summed E-state index contributed by atoms with van der Waals surface area (Å²) in [5.74, 6) is 0.266. The van der Waals surface area contributed by atoms with Gasteiger partial charge < -0.3 is 10.6 Å². The van der Waals surface area contributed by atoms with Crippen molar-refractivity contribution >= 4 is 5.91 Å². The highest BCUT2D eigenvalue weighted by molar-refractivity contribution is 5.77. The maximum Gasteiger partial charge on any atom is 0.223 e. The molecule has 3 rings (SSSR count). The molecule has 0 radical (unpaired) electrons. The molecule has 0 aliphatic heterocycles. The number of amides is 1. The van der Waals surface area contributed by atoms with Gasteiger partial charge in [-0.25, -0.2) is 0 Å². The minimum absolute atomic E-state index is 0.0968. The fourth-order valence-electron chi connectivity index (χ4n) is 3.88. The fourth-order valence-corrected chi connectivity index (χ4v) is 3.88. The highest BCUT2D eigenvalue weighted by Crippen LogP contribution is 2.44. The molecule has 0 aromatic heterocycles. The average Bonchev–Trinajstić information content (AvgIpc) is 2.49. The lowest BCUT2D eigenvalue weighted by Crippen LogP contribution is -2.43. The Morgan fingerprint density at radius 1 is 1.33 bits per heavy atom. The molecule has 2 aliphatic carbocycles. The van der Waals surface area contributed by atoms with E-state index in [9.17, 15) is 4.79 Å². The summed E-state index contributed by atoms with van der Waals surface area (Å²) in [6, 6.07) is 8.82. The van der Waals surface area contributed by atoms with Crippen LogP contribution in [0.4, 0.5) is 0 Å². The minimum Gasteiger partial charge on any atom is -0.339 e. The van der Waals surface area contributed by atoms with Gasteiger partial charge in [-0.05, 0) is 55.2 Å². The minimum atomic E-state index is 0.0968. The number of hydrogen-bond acceptors (Lipinski definition) is 2. The second kappa shape index (κ2) is 5.80. The predicted molar refractivity (Wildman–Crippen MR) is 84.8 cm³/mol. The molecule has 3 nitrogen and oxygen atoms in total. The van der Waals surface area contributed by atoms with E-state index in [1.165, 1.54) is 24.0 Å². The normalized spacial score (nSPS) is 23.0. The fraction of sp³-hybridized carbons (Fsp3) is 0.611. The van der Waals surface area contributed by atoms with Gasteiger partial charge in [0.05, 0.1) is 6.04 Å². The van der Waals surface area contributed by atoms with Crippen molar-refractivity contribution in [3.05, 3.63) is 35.4 Å². The first-order valence-electron chi connectivity index (χ1n) is 8.19. The van der Waals surface area contributed by atoms with Crippen LogP contribution in [0.3, 0.4) is 0 Å². The number of carbonyl (C=O) groups is 1. The Bertz CT molecular complexity index is 516. The molecule has 0 saturated heterocycles. The number of aryl methyl sites for hydroxylation is 1. The molecule has 1 saturated carbocycles. The van der Waals surface area contributed by atoms with E-state index < -0.39 is 0 Å². The van der Waals surface area contributed by atoms with Crippen molar-refractivity contribution in [1.82, 2.24) is 4.90 Å². The van der Waals surface area contributed by atoms with E-state index in [0.29, 0.717) is 13.0 Å². The third kappa shape index (κ3) is 2.71. The van der Waals surface area contributed by atoms with Crippen molar-refractivity contribution in [2.75, 3.05) is 13.6 Å². The molecule has 1 unspecified atom stereocenters. The molecule has 1 aromatic rings. The highest BCUT2D eigenvalue weighted by Gasteiger charge is 2.39. The van der Waals surface area contributed by atoms with Gasteiger partial charge in [0, 0.05) is 13.5 Å². The maximum absolute atomic E-state index is 12.7. The quantitative estimate of drug-likeness (QED) is 0.924. The SMILES string of the molecule is CN(C(=O)CC1(CN)CCC1)C1CCCc2ccccc21. The monoisotopic (exact) mass is 286 g/mol. The average molecular weight is 286 g/mol. The summed E-state index contributed by atoms with van der Waals surface area (Å²) in [5.41, 5.74) is 8.75. The Kier molecular flexibility index (Phi) is 4.03. The molecular weight excluding hydrogens is 260 g/mol. The second-order valence-corrected chi connectivity index (χ2v) is 6.85. The largest absolute Gasteiger partial charge is 0.339 e. The first kappa shape index (κ1) is 14.6. The third-order valence-electron chi connectivity index (χ3n) is 5.57. The second-order valence-electron chi connectivity index (χ2n) is 6.85. The molecule has 0 bridgehead atoms. The van der Waals surface area contributed by atoms with E-state index in [-0.39, 0.29) is 17.4 Å². The van der Waals surface area contributed by atoms with E-state index in [4.69, 9.17) is 5.73 Å². The van der Waals surface area contributed by atoms with E-state index in [1.807, 2.05) is 11.9 Å². The van der Waals surface area contributed by atoms with Gasteiger partial charge in [-0.1, -0.05) is 30.7 Å². The molecule has 0 heterocycles. The standard InChI is InChI=1S/C18H26N2O/c1-20(17(21)12-18(13-19)10-5-11-18)16-9-4-7-14-6-2-3-8-15(14)16/h2-3,6,8,16H,4-5,7,9-13,19H2,1H3. The van der Waals surface area contributed by atoms with E-state index in [2.05, 4.69) is 24.3 Å². The summed E-state index contributed by atoms with van der Waals surface area (Å²) in [5, 5.41) is 0. The van der Waals surface area contributed by atoms with Gasteiger partial charge in [0.2, 0.25) is 5.91 Å². The highest BCUT2D eigenvalue weighted by atomic mass is 16.2. The molecule has 1 amide bonds. The Morgan fingerprint density at radius 2 is 2.10 bits per heavy atom. The Balaban J connectivity index is 1.73. The van der Waals surface area contributed by atoms with Crippen LogP contribution < -0.4 is 5.73 Å². The van der Waals surface area contributed by atoms with E-state index >= 15 is 0 Å². The van der Waals surface area contributed by atoms with Crippen LogP contribution in [0.2, 0.25) is 0 Å². The van der Waals surface area contributed by atoms with Crippen LogP contribution in [0, 0.1) is 5.41 Å². The molecule has 2 N–H and O–H groups in total. The molecule has 0 spiro atoms. The lowest BCUT2D eigenvalue weighted by Gasteiger charge is -2.42. The zero-order valence-corrected chi connectivity index (χ0v) is 13.0. The van der Waals surface area contributed by atoms with E-state index in [0.717, 1.165) is 25.7 Å². The first-order chi connectivity index (χ1) is 10.2.